The second-order valence-electron chi connectivity index (χ2n) is 8.99. The minimum absolute atomic E-state index is 0.0434. The Labute approximate surface area is 202 Å². The maximum Gasteiger partial charge on any atom is 0.224 e. The van der Waals surface area contributed by atoms with Gasteiger partial charge in [0.25, 0.3) is 0 Å². The van der Waals surface area contributed by atoms with Crippen LogP contribution in [0, 0.1) is 0 Å². The topological polar surface area (TPSA) is 72.1 Å². The molecule has 1 atom stereocenters. The van der Waals surface area contributed by atoms with Crippen LogP contribution in [-0.4, -0.2) is 71.2 Å². The summed E-state index contributed by atoms with van der Waals surface area (Å²) in [7, 11) is 1.67. The Kier molecular flexibility index (Phi) is 9.19. The van der Waals surface area contributed by atoms with Gasteiger partial charge in [0, 0.05) is 37.9 Å². The molecule has 2 aromatic carbocycles. The first kappa shape index (κ1) is 24.5. The van der Waals surface area contributed by atoms with Gasteiger partial charge in [-0.25, -0.2) is 0 Å². The predicted molar refractivity (Wildman–Crippen MR) is 134 cm³/mol. The molecule has 0 spiro atoms. The Morgan fingerprint density at radius 2 is 1.88 bits per heavy atom. The highest BCUT2D eigenvalue weighted by molar-refractivity contribution is 5.78. The number of carbonyl (C=O) groups excluding carboxylic acids is 1. The molecule has 2 saturated heterocycles. The quantitative estimate of drug-likeness (QED) is 0.560. The maximum atomic E-state index is 12.4. The molecule has 1 amide bonds. The fourth-order valence-electron chi connectivity index (χ4n) is 4.61. The Balaban J connectivity index is 1.16. The molecule has 34 heavy (non-hydrogen) atoms. The van der Waals surface area contributed by atoms with E-state index in [4.69, 9.17) is 14.2 Å². The molecule has 0 aromatic heterocycles. The number of carbonyl (C=O) groups is 1. The van der Waals surface area contributed by atoms with Crippen LogP contribution in [0.25, 0.3) is 0 Å². The van der Waals surface area contributed by atoms with Gasteiger partial charge in [-0.15, -0.1) is 0 Å². The fourth-order valence-corrected chi connectivity index (χ4v) is 4.61. The molecule has 7 heteroatoms. The van der Waals surface area contributed by atoms with Crippen molar-refractivity contribution >= 4 is 11.6 Å². The van der Waals surface area contributed by atoms with Crippen molar-refractivity contribution in [3.8, 4) is 5.75 Å². The van der Waals surface area contributed by atoms with Crippen LogP contribution in [0.5, 0.6) is 5.75 Å². The number of nitrogens with zero attached hydrogens (tertiary/aromatic N) is 1. The van der Waals surface area contributed by atoms with Crippen molar-refractivity contribution in [1.29, 1.82) is 0 Å². The van der Waals surface area contributed by atoms with Gasteiger partial charge in [0.15, 0.2) is 0 Å². The van der Waals surface area contributed by atoms with Gasteiger partial charge < -0.3 is 29.7 Å². The van der Waals surface area contributed by atoms with E-state index in [0.717, 1.165) is 55.8 Å². The van der Waals surface area contributed by atoms with E-state index in [0.29, 0.717) is 38.8 Å². The van der Waals surface area contributed by atoms with Crippen LogP contribution >= 0.6 is 0 Å². The lowest BCUT2D eigenvalue weighted by molar-refractivity contribution is -0.120. The summed E-state index contributed by atoms with van der Waals surface area (Å²) in [5.41, 5.74) is 3.36. The predicted octanol–water partition coefficient (Wildman–Crippen LogP) is 2.57. The monoisotopic (exact) mass is 467 g/mol. The third-order valence-corrected chi connectivity index (χ3v) is 6.59. The molecule has 7 nitrogen and oxygen atoms in total. The summed E-state index contributed by atoms with van der Waals surface area (Å²) in [6.45, 7) is 5.62. The Bertz CT molecular complexity index is 891. The summed E-state index contributed by atoms with van der Waals surface area (Å²) in [5, 5.41) is 6.67. The average molecular weight is 468 g/mol. The summed E-state index contributed by atoms with van der Waals surface area (Å²) >= 11 is 0. The van der Waals surface area contributed by atoms with Crippen molar-refractivity contribution in [3.63, 3.8) is 0 Å². The third-order valence-electron chi connectivity index (χ3n) is 6.59. The Morgan fingerprint density at radius 3 is 2.62 bits per heavy atom. The van der Waals surface area contributed by atoms with Crippen molar-refractivity contribution in [2.24, 2.45) is 0 Å². The van der Waals surface area contributed by atoms with Crippen molar-refractivity contribution < 1.29 is 19.0 Å². The number of benzene rings is 2. The number of para-hydroxylation sites is 1. The van der Waals surface area contributed by atoms with Gasteiger partial charge in [-0.3, -0.25) is 4.79 Å². The van der Waals surface area contributed by atoms with Crippen LogP contribution in [-0.2, 0) is 27.1 Å². The van der Waals surface area contributed by atoms with E-state index >= 15 is 0 Å². The zero-order chi connectivity index (χ0) is 23.6. The van der Waals surface area contributed by atoms with Gasteiger partial charge in [-0.05, 0) is 48.6 Å². The molecule has 0 saturated carbocycles. The number of amides is 1. The highest BCUT2D eigenvalue weighted by Gasteiger charge is 2.21. The first-order valence-electron chi connectivity index (χ1n) is 12.4. The summed E-state index contributed by atoms with van der Waals surface area (Å²) in [6.07, 6.45) is 3.55. The van der Waals surface area contributed by atoms with Crippen LogP contribution in [0.3, 0.4) is 0 Å². The SMILES string of the molecule is COc1ccccc1CCNC(=O)Cc1ccc(N2CCC(NCC3COCCO3)CC2)cc1. The van der Waals surface area contributed by atoms with Gasteiger partial charge in [-0.1, -0.05) is 30.3 Å². The highest BCUT2D eigenvalue weighted by atomic mass is 16.6. The van der Waals surface area contributed by atoms with Crippen LogP contribution in [0.15, 0.2) is 48.5 Å². The van der Waals surface area contributed by atoms with E-state index in [1.54, 1.807) is 7.11 Å². The van der Waals surface area contributed by atoms with Gasteiger partial charge in [0.2, 0.25) is 5.91 Å². The molecule has 2 aromatic rings. The molecular weight excluding hydrogens is 430 g/mol. The minimum Gasteiger partial charge on any atom is -0.496 e. The van der Waals surface area contributed by atoms with E-state index in [1.807, 2.05) is 24.3 Å². The largest absolute Gasteiger partial charge is 0.496 e. The Morgan fingerprint density at radius 1 is 1.09 bits per heavy atom. The summed E-state index contributed by atoms with van der Waals surface area (Å²) in [6, 6.07) is 16.9. The number of hydrogen-bond donors (Lipinski definition) is 2. The lowest BCUT2D eigenvalue weighted by Gasteiger charge is -2.35. The molecule has 184 valence electrons. The zero-order valence-corrected chi connectivity index (χ0v) is 20.1. The lowest BCUT2D eigenvalue weighted by atomic mass is 10.0. The van der Waals surface area contributed by atoms with Crippen LogP contribution in [0.2, 0.25) is 0 Å². The molecule has 2 N–H and O–H groups in total. The number of ether oxygens (including phenoxy) is 3. The first-order chi connectivity index (χ1) is 16.7. The van der Waals surface area contributed by atoms with Gasteiger partial charge in [-0.2, -0.15) is 0 Å². The minimum atomic E-state index is 0.0434. The molecule has 0 aliphatic carbocycles. The van der Waals surface area contributed by atoms with Crippen molar-refractivity contribution in [3.05, 3.63) is 59.7 Å². The number of nitrogens with one attached hydrogen (secondary N) is 2. The summed E-state index contributed by atoms with van der Waals surface area (Å²) in [4.78, 5) is 14.8. The van der Waals surface area contributed by atoms with Crippen LogP contribution in [0.1, 0.15) is 24.0 Å². The maximum absolute atomic E-state index is 12.4. The van der Waals surface area contributed by atoms with Crippen molar-refractivity contribution in [2.75, 3.05) is 58.0 Å². The molecule has 2 aliphatic rings. The smallest absolute Gasteiger partial charge is 0.224 e. The molecule has 2 aliphatic heterocycles. The molecule has 0 radical (unpaired) electrons. The van der Waals surface area contributed by atoms with E-state index in [1.165, 1.54) is 5.69 Å². The fraction of sp³-hybridized carbons (Fsp3) is 0.519. The molecular formula is C27H37N3O4. The van der Waals surface area contributed by atoms with Crippen molar-refractivity contribution in [2.45, 2.75) is 37.8 Å². The van der Waals surface area contributed by atoms with E-state index < -0.39 is 0 Å². The summed E-state index contributed by atoms with van der Waals surface area (Å²) in [5.74, 6) is 0.905. The number of rotatable bonds is 10. The molecule has 1 unspecified atom stereocenters. The number of anilines is 1. The third kappa shape index (κ3) is 7.19. The lowest BCUT2D eigenvalue weighted by Crippen LogP contribution is -2.46. The molecule has 2 fully saturated rings. The number of hydrogen-bond acceptors (Lipinski definition) is 6. The van der Waals surface area contributed by atoms with E-state index in [-0.39, 0.29) is 12.0 Å². The van der Waals surface area contributed by atoms with Crippen molar-refractivity contribution in [1.82, 2.24) is 10.6 Å². The first-order valence-corrected chi connectivity index (χ1v) is 12.4. The van der Waals surface area contributed by atoms with Gasteiger partial charge in [0.1, 0.15) is 5.75 Å². The Hall–Kier alpha value is -2.61. The molecule has 0 bridgehead atoms. The number of methoxy groups -OCH3 is 1. The second kappa shape index (κ2) is 12.7. The highest BCUT2D eigenvalue weighted by Crippen LogP contribution is 2.21. The van der Waals surface area contributed by atoms with E-state index in [2.05, 4.69) is 39.8 Å². The van der Waals surface area contributed by atoms with Gasteiger partial charge in [0.05, 0.1) is 39.5 Å². The zero-order valence-electron chi connectivity index (χ0n) is 20.1. The standard InChI is InChI=1S/C27H37N3O4/c1-32-26-5-3-2-4-22(26)10-13-28-27(31)18-21-6-8-24(9-7-21)30-14-11-23(12-15-30)29-19-25-20-33-16-17-34-25/h2-9,23,25,29H,10-20H2,1H3,(H,28,31). The van der Waals surface area contributed by atoms with Crippen LogP contribution < -0.4 is 20.3 Å². The van der Waals surface area contributed by atoms with Crippen LogP contribution in [0.4, 0.5) is 5.69 Å². The van der Waals surface area contributed by atoms with Gasteiger partial charge >= 0.3 is 0 Å². The summed E-state index contributed by atoms with van der Waals surface area (Å²) < 4.78 is 16.6. The molecule has 2 heterocycles. The second-order valence-corrected chi connectivity index (χ2v) is 8.99. The number of piperidine rings is 1. The van der Waals surface area contributed by atoms with E-state index in [9.17, 15) is 4.79 Å². The average Bonchev–Trinajstić information content (AvgIpc) is 2.89. The molecule has 4 rings (SSSR count). The normalized spacial score (nSPS) is 19.1.